The Labute approximate surface area is 76.5 Å². The molecule has 0 aliphatic heterocycles. The monoisotopic (exact) mass is 211 g/mol. The third-order valence-corrected chi connectivity index (χ3v) is 0.759. The molecule has 0 spiro atoms. The number of esters is 1. The second-order valence-electron chi connectivity index (χ2n) is 2.04. The summed E-state index contributed by atoms with van der Waals surface area (Å²) in [5.41, 5.74) is 0. The minimum Gasteiger partial charge on any atom is -0.465 e. The predicted molar refractivity (Wildman–Crippen MR) is 44.0 cm³/mol. The Bertz CT molecular complexity index is 172. The lowest BCUT2D eigenvalue weighted by molar-refractivity contribution is -0.141. The zero-order chi connectivity index (χ0) is 10.9. The summed E-state index contributed by atoms with van der Waals surface area (Å²) in [4.78, 5) is 34.6. The molecule has 2 N–H and O–H groups in total. The van der Waals surface area contributed by atoms with Gasteiger partial charge in [0.2, 0.25) is 0 Å². The van der Waals surface area contributed by atoms with E-state index in [4.69, 9.17) is 14.4 Å². The second kappa shape index (κ2) is 9.25. The lowest BCUT2D eigenvalue weighted by atomic mass is 10.3. The molecule has 0 aliphatic rings. The lowest BCUT2D eigenvalue weighted by Crippen LogP contribution is -2.03. The highest BCUT2D eigenvalue weighted by molar-refractivity contribution is 7.30. The molecule has 0 aromatic heterocycles. The van der Waals surface area contributed by atoms with Crippen molar-refractivity contribution in [3.05, 3.63) is 0 Å². The van der Waals surface area contributed by atoms with Gasteiger partial charge in [-0.1, -0.05) is 0 Å². The number of rotatable bonds is 3. The maximum Gasteiger partial charge on any atom is 0.692 e. The van der Waals surface area contributed by atoms with Crippen molar-refractivity contribution in [2.24, 2.45) is 0 Å². The first-order chi connectivity index (χ1) is 5.86. The van der Waals surface area contributed by atoms with Crippen molar-refractivity contribution >= 4 is 20.0 Å². The Morgan fingerprint density at radius 3 is 1.92 bits per heavy atom. The molecule has 6 nitrogen and oxygen atoms in total. The van der Waals surface area contributed by atoms with Crippen molar-refractivity contribution < 1.29 is 28.7 Å². The number of carbonyl (C=O) groups excluding carboxylic acids is 2. The van der Waals surface area contributed by atoms with Gasteiger partial charge < -0.3 is 4.74 Å². The molecule has 0 unspecified atom stereocenters. The summed E-state index contributed by atoms with van der Waals surface area (Å²) < 4.78 is 13.2. The third-order valence-electron chi connectivity index (χ3n) is 0.759. The van der Waals surface area contributed by atoms with Crippen molar-refractivity contribution in [1.82, 2.24) is 0 Å². The van der Waals surface area contributed by atoms with Gasteiger partial charge >= 0.3 is 14.2 Å². The molecule has 0 heterocycles. The van der Waals surface area contributed by atoms with E-state index < -0.39 is 8.25 Å². The maximum absolute atomic E-state index is 10.2. The molecular formula is C6H12O6P+. The Kier molecular flexibility index (Phi) is 10.4. The van der Waals surface area contributed by atoms with Gasteiger partial charge in [-0.05, 0) is 6.92 Å². The molecule has 0 fully saturated rings. The Morgan fingerprint density at radius 2 is 1.69 bits per heavy atom. The maximum atomic E-state index is 10.2. The van der Waals surface area contributed by atoms with E-state index in [2.05, 4.69) is 4.74 Å². The summed E-state index contributed by atoms with van der Waals surface area (Å²) in [5, 5.41) is 0. The topological polar surface area (TPSA) is 101 Å². The van der Waals surface area contributed by atoms with Gasteiger partial charge in [-0.15, -0.1) is 9.79 Å². The molecule has 0 amide bonds. The van der Waals surface area contributed by atoms with Crippen LogP contribution in [0.25, 0.3) is 0 Å². The second-order valence-corrected chi connectivity index (χ2v) is 2.55. The number of ketones is 1. The van der Waals surface area contributed by atoms with Gasteiger partial charge in [0.25, 0.3) is 0 Å². The normalized spacial score (nSPS) is 8.00. The van der Waals surface area contributed by atoms with E-state index in [1.165, 1.54) is 13.8 Å². The van der Waals surface area contributed by atoms with Gasteiger partial charge in [-0.25, -0.2) is 0 Å². The van der Waals surface area contributed by atoms with E-state index in [0.29, 0.717) is 6.42 Å². The van der Waals surface area contributed by atoms with Crippen LogP contribution in [0, 0.1) is 0 Å². The molecule has 0 aliphatic carbocycles. The SMILES string of the molecule is CC(=O)CCOC(C)=O.O=[P+](O)O. The summed E-state index contributed by atoms with van der Waals surface area (Å²) in [6.07, 6.45) is 0.319. The number of hydrogen-bond acceptors (Lipinski definition) is 4. The van der Waals surface area contributed by atoms with Crippen LogP contribution in [0.2, 0.25) is 0 Å². The average Bonchev–Trinajstić information content (AvgIpc) is 1.83. The Hall–Kier alpha value is -0.840. The average molecular weight is 211 g/mol. The van der Waals surface area contributed by atoms with Crippen molar-refractivity contribution in [3.63, 3.8) is 0 Å². The zero-order valence-corrected chi connectivity index (χ0v) is 8.28. The first-order valence-electron chi connectivity index (χ1n) is 3.34. The molecule has 0 saturated carbocycles. The van der Waals surface area contributed by atoms with E-state index in [9.17, 15) is 9.59 Å². The molecule has 13 heavy (non-hydrogen) atoms. The molecule has 0 saturated heterocycles. The molecule has 0 rings (SSSR count). The fourth-order valence-electron chi connectivity index (χ4n) is 0.338. The van der Waals surface area contributed by atoms with Crippen molar-refractivity contribution in [2.45, 2.75) is 20.3 Å². The van der Waals surface area contributed by atoms with Crippen LogP contribution in [-0.4, -0.2) is 28.1 Å². The fraction of sp³-hybridized carbons (Fsp3) is 0.667. The van der Waals surface area contributed by atoms with Gasteiger partial charge in [0.1, 0.15) is 5.78 Å². The largest absolute Gasteiger partial charge is 0.692 e. The molecule has 76 valence electrons. The molecule has 0 radical (unpaired) electrons. The van der Waals surface area contributed by atoms with E-state index in [-0.39, 0.29) is 18.4 Å². The van der Waals surface area contributed by atoms with Crippen LogP contribution < -0.4 is 0 Å². The fourth-order valence-corrected chi connectivity index (χ4v) is 0.338. The number of Topliss-reactive ketones (excluding diaryl/α,β-unsaturated/α-hetero) is 1. The molecule has 0 aromatic rings. The molecule has 0 bridgehead atoms. The van der Waals surface area contributed by atoms with Crippen LogP contribution >= 0.6 is 8.25 Å². The number of ether oxygens (including phenoxy) is 1. The third kappa shape index (κ3) is 35.2. The smallest absolute Gasteiger partial charge is 0.465 e. The first-order valence-corrected chi connectivity index (χ1v) is 4.50. The summed E-state index contributed by atoms with van der Waals surface area (Å²) in [6, 6.07) is 0. The highest BCUT2D eigenvalue weighted by atomic mass is 31.1. The predicted octanol–water partition coefficient (Wildman–Crippen LogP) is 0.157. The Balaban J connectivity index is 0. The molecule has 0 aromatic carbocycles. The van der Waals surface area contributed by atoms with Crippen LogP contribution in [-0.2, 0) is 18.9 Å². The van der Waals surface area contributed by atoms with E-state index in [0.717, 1.165) is 0 Å². The van der Waals surface area contributed by atoms with Crippen molar-refractivity contribution in [3.8, 4) is 0 Å². The van der Waals surface area contributed by atoms with Crippen molar-refractivity contribution in [2.75, 3.05) is 6.61 Å². The molecule has 7 heteroatoms. The quantitative estimate of drug-likeness (QED) is 0.509. The van der Waals surface area contributed by atoms with Crippen LogP contribution in [0.4, 0.5) is 0 Å². The lowest BCUT2D eigenvalue weighted by Gasteiger charge is -1.96. The van der Waals surface area contributed by atoms with Crippen LogP contribution in [0.5, 0.6) is 0 Å². The summed E-state index contributed by atoms with van der Waals surface area (Å²) >= 11 is 0. The van der Waals surface area contributed by atoms with E-state index in [1.807, 2.05) is 0 Å². The first kappa shape index (κ1) is 14.7. The molecule has 0 atom stereocenters. The zero-order valence-electron chi connectivity index (χ0n) is 7.39. The number of carbonyl (C=O) groups is 2. The minimum atomic E-state index is -2.87. The molecular weight excluding hydrogens is 199 g/mol. The standard InChI is InChI=1S/C6H10O3.HO3P/c1-5(7)3-4-9-6(2)8;1-4(2)3/h3-4H2,1-2H3;(H-,1,2,3)/p+1. The minimum absolute atomic E-state index is 0.0382. The van der Waals surface area contributed by atoms with Crippen LogP contribution in [0.15, 0.2) is 0 Å². The van der Waals surface area contributed by atoms with Gasteiger partial charge in [-0.2, -0.15) is 0 Å². The van der Waals surface area contributed by atoms with Crippen LogP contribution in [0.3, 0.4) is 0 Å². The van der Waals surface area contributed by atoms with E-state index in [1.54, 1.807) is 0 Å². The van der Waals surface area contributed by atoms with Gasteiger partial charge in [0.15, 0.2) is 0 Å². The summed E-state index contributed by atoms with van der Waals surface area (Å²) in [5.74, 6) is -0.299. The highest BCUT2D eigenvalue weighted by Gasteiger charge is 1.94. The van der Waals surface area contributed by atoms with Gasteiger partial charge in [0.05, 0.1) is 6.61 Å². The Morgan fingerprint density at radius 1 is 1.31 bits per heavy atom. The van der Waals surface area contributed by atoms with Gasteiger partial charge in [-0.3, -0.25) is 9.59 Å². The summed E-state index contributed by atoms with van der Waals surface area (Å²) in [6.45, 7) is 2.99. The number of hydrogen-bond donors (Lipinski definition) is 2. The van der Waals surface area contributed by atoms with Crippen molar-refractivity contribution in [1.29, 1.82) is 0 Å². The summed E-state index contributed by atoms with van der Waals surface area (Å²) in [7, 11) is -2.87. The van der Waals surface area contributed by atoms with Crippen LogP contribution in [0.1, 0.15) is 20.3 Å². The van der Waals surface area contributed by atoms with E-state index >= 15 is 0 Å². The van der Waals surface area contributed by atoms with Gasteiger partial charge in [0, 0.05) is 17.9 Å². The highest BCUT2D eigenvalue weighted by Crippen LogP contribution is 1.98.